The highest BCUT2D eigenvalue weighted by atomic mass is 16.4. The van der Waals surface area contributed by atoms with E-state index in [0.717, 1.165) is 19.6 Å². The summed E-state index contributed by atoms with van der Waals surface area (Å²) in [4.78, 5) is 13.3. The molecule has 0 radical (unpaired) electrons. The quantitative estimate of drug-likeness (QED) is 0.864. The van der Waals surface area contributed by atoms with Crippen LogP contribution in [0.25, 0.3) is 0 Å². The van der Waals surface area contributed by atoms with Gasteiger partial charge in [0.05, 0.1) is 6.54 Å². The third kappa shape index (κ3) is 3.61. The number of aromatic carboxylic acids is 1. The minimum atomic E-state index is -0.931. The third-order valence-electron chi connectivity index (χ3n) is 4.24. The zero-order chi connectivity index (χ0) is 14.8. The summed E-state index contributed by atoms with van der Waals surface area (Å²) in [6.07, 6.45) is 2.38. The minimum Gasteiger partial charge on any atom is -0.478 e. The van der Waals surface area contributed by atoms with Gasteiger partial charge in [0.25, 0.3) is 0 Å². The van der Waals surface area contributed by atoms with Crippen molar-refractivity contribution in [2.45, 2.75) is 33.2 Å². The Bertz CT molecular complexity index is 473. The highest BCUT2D eigenvalue weighted by molar-refractivity contribution is 5.88. The van der Waals surface area contributed by atoms with Crippen LogP contribution >= 0.6 is 0 Å². The largest absolute Gasteiger partial charge is 0.478 e. The number of hydrogen-bond donors (Lipinski definition) is 2. The summed E-state index contributed by atoms with van der Waals surface area (Å²) in [7, 11) is 2.16. The van der Waals surface area contributed by atoms with Gasteiger partial charge in [-0.3, -0.25) is 0 Å². The first-order valence-corrected chi connectivity index (χ1v) is 7.11. The van der Waals surface area contributed by atoms with E-state index in [1.807, 2.05) is 0 Å². The van der Waals surface area contributed by atoms with Crippen LogP contribution in [-0.2, 0) is 6.54 Å². The van der Waals surface area contributed by atoms with Crippen molar-refractivity contribution in [2.24, 2.45) is 5.41 Å². The number of likely N-dealkylation sites (tertiary alicyclic amines) is 1. The maximum atomic E-state index is 11.0. The summed E-state index contributed by atoms with van der Waals surface area (Å²) in [5, 5.41) is 12.4. The molecule has 5 nitrogen and oxygen atoms in total. The molecule has 2 rings (SSSR count). The molecular weight excluding hydrogens is 256 g/mol. The van der Waals surface area contributed by atoms with Crippen molar-refractivity contribution in [2.75, 3.05) is 26.7 Å². The Balaban J connectivity index is 1.84. The number of hydrogen-bond acceptors (Lipinski definition) is 4. The minimum absolute atomic E-state index is 0.257. The average molecular weight is 280 g/mol. The SMILES string of the molecule is Cc1oc(CNCC2(C)CCN(C)CC2)cc1C(=O)O. The number of piperidine rings is 1. The second-order valence-electron chi connectivity index (χ2n) is 6.21. The molecule has 2 heterocycles. The summed E-state index contributed by atoms with van der Waals surface area (Å²) in [5.74, 6) is 0.232. The van der Waals surface area contributed by atoms with Crippen LogP contribution in [0.3, 0.4) is 0 Å². The number of rotatable bonds is 5. The lowest BCUT2D eigenvalue weighted by atomic mass is 9.80. The van der Waals surface area contributed by atoms with Gasteiger partial charge in [-0.2, -0.15) is 0 Å². The molecule has 0 unspecified atom stereocenters. The van der Waals surface area contributed by atoms with E-state index in [1.54, 1.807) is 13.0 Å². The van der Waals surface area contributed by atoms with E-state index in [4.69, 9.17) is 9.52 Å². The van der Waals surface area contributed by atoms with E-state index in [9.17, 15) is 4.79 Å². The van der Waals surface area contributed by atoms with Crippen LogP contribution in [0.1, 0.15) is 41.6 Å². The average Bonchev–Trinajstić information content (AvgIpc) is 2.75. The molecule has 1 fully saturated rings. The van der Waals surface area contributed by atoms with Gasteiger partial charge >= 0.3 is 5.97 Å². The molecule has 0 atom stereocenters. The van der Waals surface area contributed by atoms with Gasteiger partial charge in [-0.1, -0.05) is 6.92 Å². The first kappa shape index (κ1) is 15.1. The predicted molar refractivity (Wildman–Crippen MR) is 76.9 cm³/mol. The molecule has 1 aliphatic heterocycles. The van der Waals surface area contributed by atoms with Crippen LogP contribution in [-0.4, -0.2) is 42.7 Å². The second kappa shape index (κ2) is 5.97. The number of nitrogens with zero attached hydrogens (tertiary/aromatic N) is 1. The number of furan rings is 1. The van der Waals surface area contributed by atoms with Gasteiger partial charge in [0.15, 0.2) is 0 Å². The van der Waals surface area contributed by atoms with E-state index in [-0.39, 0.29) is 5.56 Å². The van der Waals surface area contributed by atoms with Crippen molar-refractivity contribution < 1.29 is 14.3 Å². The smallest absolute Gasteiger partial charge is 0.339 e. The molecule has 0 aromatic carbocycles. The lowest BCUT2D eigenvalue weighted by molar-refractivity contribution is 0.0695. The fraction of sp³-hybridized carbons (Fsp3) is 0.667. The summed E-state index contributed by atoms with van der Waals surface area (Å²) in [5.41, 5.74) is 0.580. The van der Waals surface area contributed by atoms with Crippen molar-refractivity contribution in [3.63, 3.8) is 0 Å². The molecule has 2 N–H and O–H groups in total. The molecule has 1 aromatic heterocycles. The van der Waals surface area contributed by atoms with Crippen molar-refractivity contribution in [3.05, 3.63) is 23.2 Å². The number of carbonyl (C=O) groups is 1. The van der Waals surface area contributed by atoms with Gasteiger partial charge in [-0.15, -0.1) is 0 Å². The second-order valence-corrected chi connectivity index (χ2v) is 6.21. The summed E-state index contributed by atoms with van der Waals surface area (Å²) < 4.78 is 5.46. The molecule has 0 aliphatic carbocycles. The molecule has 1 aromatic rings. The standard InChI is InChI=1S/C15H24N2O3/c1-11-13(14(18)19)8-12(20-11)9-16-10-15(2)4-6-17(3)7-5-15/h8,16H,4-7,9-10H2,1-3H3,(H,18,19). The number of aryl methyl sites for hydroxylation is 1. The molecule has 5 heteroatoms. The summed E-state index contributed by atoms with van der Waals surface area (Å²) in [6.45, 7) is 7.79. The van der Waals surface area contributed by atoms with Gasteiger partial charge in [-0.25, -0.2) is 4.79 Å². The van der Waals surface area contributed by atoms with Crippen molar-refractivity contribution >= 4 is 5.97 Å². The van der Waals surface area contributed by atoms with Crippen LogP contribution in [0.2, 0.25) is 0 Å². The Morgan fingerprint density at radius 2 is 2.15 bits per heavy atom. The first-order chi connectivity index (χ1) is 9.39. The highest BCUT2D eigenvalue weighted by Gasteiger charge is 2.28. The molecule has 0 spiro atoms. The van der Waals surface area contributed by atoms with Crippen LogP contribution in [0.15, 0.2) is 10.5 Å². The monoisotopic (exact) mass is 280 g/mol. The lowest BCUT2D eigenvalue weighted by Gasteiger charge is -2.38. The Morgan fingerprint density at radius 3 is 2.70 bits per heavy atom. The van der Waals surface area contributed by atoms with Crippen molar-refractivity contribution in [1.82, 2.24) is 10.2 Å². The molecule has 20 heavy (non-hydrogen) atoms. The normalized spacial score (nSPS) is 19.1. The van der Waals surface area contributed by atoms with Crippen molar-refractivity contribution in [1.29, 1.82) is 0 Å². The van der Waals surface area contributed by atoms with Gasteiger partial charge in [0.1, 0.15) is 17.1 Å². The van der Waals surface area contributed by atoms with Gasteiger partial charge in [0, 0.05) is 6.54 Å². The molecular formula is C15H24N2O3. The van der Waals surface area contributed by atoms with Crippen LogP contribution < -0.4 is 5.32 Å². The molecule has 1 saturated heterocycles. The molecule has 1 aliphatic rings. The zero-order valence-corrected chi connectivity index (χ0v) is 12.5. The van der Waals surface area contributed by atoms with E-state index >= 15 is 0 Å². The van der Waals surface area contributed by atoms with E-state index in [1.165, 1.54) is 12.8 Å². The van der Waals surface area contributed by atoms with E-state index in [2.05, 4.69) is 24.2 Å². The zero-order valence-electron chi connectivity index (χ0n) is 12.5. The maximum Gasteiger partial charge on any atom is 0.339 e. The van der Waals surface area contributed by atoms with Gasteiger partial charge in [-0.05, 0) is 51.4 Å². The fourth-order valence-corrected chi connectivity index (χ4v) is 2.67. The Labute approximate surface area is 119 Å². The predicted octanol–water partition coefficient (Wildman–Crippen LogP) is 2.11. The fourth-order valence-electron chi connectivity index (χ4n) is 2.67. The van der Waals surface area contributed by atoms with Crippen LogP contribution in [0.5, 0.6) is 0 Å². The molecule has 112 valence electrons. The maximum absolute atomic E-state index is 11.0. The van der Waals surface area contributed by atoms with Crippen molar-refractivity contribution in [3.8, 4) is 0 Å². The van der Waals surface area contributed by atoms with E-state index < -0.39 is 5.97 Å². The molecule has 0 saturated carbocycles. The molecule has 0 bridgehead atoms. The van der Waals surface area contributed by atoms with Crippen LogP contribution in [0, 0.1) is 12.3 Å². The number of carboxylic acids is 1. The third-order valence-corrected chi connectivity index (χ3v) is 4.24. The number of nitrogens with one attached hydrogen (secondary N) is 1. The van der Waals surface area contributed by atoms with E-state index in [0.29, 0.717) is 23.5 Å². The van der Waals surface area contributed by atoms with Gasteiger partial charge in [0.2, 0.25) is 0 Å². The summed E-state index contributed by atoms with van der Waals surface area (Å²) >= 11 is 0. The van der Waals surface area contributed by atoms with Gasteiger partial charge < -0.3 is 19.7 Å². The number of carboxylic acid groups (broad SMARTS) is 1. The Kier molecular flexibility index (Phi) is 4.50. The molecule has 0 amide bonds. The Morgan fingerprint density at radius 1 is 1.50 bits per heavy atom. The topological polar surface area (TPSA) is 65.7 Å². The first-order valence-electron chi connectivity index (χ1n) is 7.11. The highest BCUT2D eigenvalue weighted by Crippen LogP contribution is 2.29. The lowest BCUT2D eigenvalue weighted by Crippen LogP contribution is -2.41. The van der Waals surface area contributed by atoms with Crippen LogP contribution in [0.4, 0.5) is 0 Å². The Hall–Kier alpha value is -1.33. The summed E-state index contributed by atoms with van der Waals surface area (Å²) in [6, 6.07) is 1.61.